The van der Waals surface area contributed by atoms with Crippen LogP contribution < -0.4 is 5.73 Å². The lowest BCUT2D eigenvalue weighted by Gasteiger charge is -2.23. The van der Waals surface area contributed by atoms with E-state index in [1.807, 2.05) is 24.3 Å². The number of esters is 1. The molecule has 104 valence electrons. The van der Waals surface area contributed by atoms with Gasteiger partial charge in [-0.1, -0.05) is 36.4 Å². The number of primary amides is 1. The largest absolute Gasteiger partial charge is 0.463 e. The highest BCUT2D eigenvalue weighted by Crippen LogP contribution is 2.26. The van der Waals surface area contributed by atoms with Gasteiger partial charge in [-0.25, -0.2) is 4.79 Å². The number of amides is 1. The fourth-order valence-corrected chi connectivity index (χ4v) is 2.01. The number of carbonyl (C=O) groups is 2. The Morgan fingerprint density at radius 3 is 2.45 bits per heavy atom. The van der Waals surface area contributed by atoms with Gasteiger partial charge in [0.1, 0.15) is 0 Å². The van der Waals surface area contributed by atoms with Crippen LogP contribution in [0.25, 0.3) is 10.8 Å². The van der Waals surface area contributed by atoms with Crippen LogP contribution in [-0.2, 0) is 19.9 Å². The zero-order valence-electron chi connectivity index (χ0n) is 11.0. The molecule has 0 radical (unpaired) electrons. The second-order valence-electron chi connectivity index (χ2n) is 4.36. The Bertz CT molecular complexity index is 668. The number of fused-ring (bicyclic) bond motifs is 1. The molecule has 2 aromatic rings. The van der Waals surface area contributed by atoms with Crippen LogP contribution in [0.4, 0.5) is 0 Å². The number of ether oxygens (including phenoxy) is 1. The maximum atomic E-state index is 11.9. The number of hydrogen-bond donors (Lipinski definition) is 2. The Morgan fingerprint density at radius 1 is 1.20 bits per heavy atom. The number of aliphatic hydroxyl groups is 1. The third-order valence-corrected chi connectivity index (χ3v) is 3.09. The van der Waals surface area contributed by atoms with Crippen molar-refractivity contribution in [3.8, 4) is 0 Å². The molecule has 20 heavy (non-hydrogen) atoms. The Morgan fingerprint density at radius 2 is 1.85 bits per heavy atom. The van der Waals surface area contributed by atoms with E-state index >= 15 is 0 Å². The normalized spacial score (nSPS) is 13.7. The van der Waals surface area contributed by atoms with Crippen LogP contribution in [0.5, 0.6) is 0 Å². The molecule has 5 nitrogen and oxygen atoms in total. The highest BCUT2D eigenvalue weighted by Gasteiger charge is 2.46. The summed E-state index contributed by atoms with van der Waals surface area (Å²) >= 11 is 0. The molecule has 1 amide bonds. The van der Waals surface area contributed by atoms with E-state index < -0.39 is 17.5 Å². The summed E-state index contributed by atoms with van der Waals surface area (Å²) in [6.07, 6.45) is 0. The van der Waals surface area contributed by atoms with Crippen molar-refractivity contribution in [1.82, 2.24) is 0 Å². The van der Waals surface area contributed by atoms with E-state index in [1.54, 1.807) is 19.1 Å². The molecule has 2 rings (SSSR count). The van der Waals surface area contributed by atoms with Gasteiger partial charge in [-0.2, -0.15) is 0 Å². The second kappa shape index (κ2) is 5.30. The third-order valence-electron chi connectivity index (χ3n) is 3.09. The minimum Gasteiger partial charge on any atom is -0.463 e. The van der Waals surface area contributed by atoms with E-state index in [2.05, 4.69) is 0 Å². The Labute approximate surface area is 116 Å². The molecule has 0 heterocycles. The molecular formula is C15H15NO4. The lowest BCUT2D eigenvalue weighted by Crippen LogP contribution is -2.48. The van der Waals surface area contributed by atoms with Gasteiger partial charge in [-0.3, -0.25) is 4.79 Å². The molecule has 0 unspecified atom stereocenters. The fraction of sp³-hybridized carbons (Fsp3) is 0.200. The maximum absolute atomic E-state index is 11.9. The third kappa shape index (κ3) is 2.23. The van der Waals surface area contributed by atoms with Crippen LogP contribution >= 0.6 is 0 Å². The molecule has 0 spiro atoms. The second-order valence-corrected chi connectivity index (χ2v) is 4.36. The molecule has 0 aliphatic heterocycles. The van der Waals surface area contributed by atoms with Gasteiger partial charge < -0.3 is 15.6 Å². The summed E-state index contributed by atoms with van der Waals surface area (Å²) in [6, 6.07) is 12.1. The molecule has 0 bridgehead atoms. The average Bonchev–Trinajstić information content (AvgIpc) is 2.45. The van der Waals surface area contributed by atoms with E-state index in [0.717, 1.165) is 10.8 Å². The molecule has 0 aromatic heterocycles. The van der Waals surface area contributed by atoms with Crippen LogP contribution in [0.1, 0.15) is 12.5 Å². The van der Waals surface area contributed by atoms with Crippen molar-refractivity contribution in [2.45, 2.75) is 12.5 Å². The van der Waals surface area contributed by atoms with E-state index in [4.69, 9.17) is 10.5 Å². The Hall–Kier alpha value is -2.40. The molecule has 0 fully saturated rings. The first-order valence-corrected chi connectivity index (χ1v) is 6.19. The Kier molecular flexibility index (Phi) is 3.72. The van der Waals surface area contributed by atoms with Gasteiger partial charge in [0, 0.05) is 5.56 Å². The van der Waals surface area contributed by atoms with Gasteiger partial charge >= 0.3 is 5.97 Å². The number of nitrogens with two attached hydrogens (primary N) is 1. The smallest absolute Gasteiger partial charge is 0.352 e. The first-order chi connectivity index (χ1) is 9.50. The van der Waals surface area contributed by atoms with Crippen LogP contribution in [0, 0.1) is 0 Å². The summed E-state index contributed by atoms with van der Waals surface area (Å²) in [5.74, 6) is -2.23. The maximum Gasteiger partial charge on any atom is 0.352 e. The van der Waals surface area contributed by atoms with Gasteiger partial charge in [-0.15, -0.1) is 0 Å². The summed E-state index contributed by atoms with van der Waals surface area (Å²) in [7, 11) is 0. The molecule has 3 N–H and O–H groups in total. The molecule has 2 aromatic carbocycles. The van der Waals surface area contributed by atoms with Crippen LogP contribution in [0.2, 0.25) is 0 Å². The summed E-state index contributed by atoms with van der Waals surface area (Å²) in [6.45, 7) is 1.63. The molecule has 1 atom stereocenters. The van der Waals surface area contributed by atoms with E-state index in [0.29, 0.717) is 0 Å². The highest BCUT2D eigenvalue weighted by atomic mass is 16.5. The summed E-state index contributed by atoms with van der Waals surface area (Å²) in [5.41, 5.74) is 2.82. The lowest BCUT2D eigenvalue weighted by molar-refractivity contribution is -0.171. The zero-order valence-corrected chi connectivity index (χ0v) is 11.0. The minimum absolute atomic E-state index is 0.0437. The van der Waals surface area contributed by atoms with Crippen molar-refractivity contribution >= 4 is 22.6 Å². The molecule has 5 heteroatoms. The van der Waals surface area contributed by atoms with Gasteiger partial charge in [0.25, 0.3) is 11.5 Å². The van der Waals surface area contributed by atoms with Crippen molar-refractivity contribution in [2.75, 3.05) is 6.61 Å². The Balaban J connectivity index is 2.57. The van der Waals surface area contributed by atoms with Crippen molar-refractivity contribution in [3.63, 3.8) is 0 Å². The fourth-order valence-electron chi connectivity index (χ4n) is 2.01. The van der Waals surface area contributed by atoms with Crippen LogP contribution in [0.3, 0.4) is 0 Å². The van der Waals surface area contributed by atoms with Crippen molar-refractivity contribution in [3.05, 3.63) is 48.0 Å². The lowest BCUT2D eigenvalue weighted by atomic mass is 9.91. The first kappa shape index (κ1) is 14.0. The van der Waals surface area contributed by atoms with E-state index in [-0.39, 0.29) is 12.2 Å². The predicted molar refractivity (Wildman–Crippen MR) is 73.7 cm³/mol. The topological polar surface area (TPSA) is 89.6 Å². The van der Waals surface area contributed by atoms with E-state index in [1.165, 1.54) is 6.07 Å². The SMILES string of the molecule is CCOC(=O)[C@@](O)(C(N)=O)c1ccc2ccccc2c1. The van der Waals surface area contributed by atoms with Crippen molar-refractivity contribution in [1.29, 1.82) is 0 Å². The molecule has 0 saturated carbocycles. The number of hydrogen-bond acceptors (Lipinski definition) is 4. The molecule has 0 aliphatic carbocycles. The van der Waals surface area contributed by atoms with Gasteiger partial charge in [0.15, 0.2) is 0 Å². The monoisotopic (exact) mass is 273 g/mol. The molecule has 0 aliphatic rings. The summed E-state index contributed by atoms with van der Waals surface area (Å²) in [4.78, 5) is 23.4. The van der Waals surface area contributed by atoms with E-state index in [9.17, 15) is 14.7 Å². The first-order valence-electron chi connectivity index (χ1n) is 6.19. The highest BCUT2D eigenvalue weighted by molar-refractivity contribution is 6.06. The molecular weight excluding hydrogens is 258 g/mol. The predicted octanol–water partition coefficient (Wildman–Crippen LogP) is 1.08. The zero-order chi connectivity index (χ0) is 14.8. The van der Waals surface area contributed by atoms with Crippen molar-refractivity contribution < 1.29 is 19.4 Å². The average molecular weight is 273 g/mol. The summed E-state index contributed by atoms with van der Waals surface area (Å²) in [5, 5.41) is 12.1. The standard InChI is InChI=1S/C15H15NO4/c1-2-20-14(18)15(19,13(16)17)12-8-7-10-5-3-4-6-11(10)9-12/h3-9,19H,2H2,1H3,(H2,16,17)/t15-/m0/s1. The van der Waals surface area contributed by atoms with Gasteiger partial charge in [0.05, 0.1) is 6.61 Å². The number of benzene rings is 2. The van der Waals surface area contributed by atoms with Crippen LogP contribution in [-0.4, -0.2) is 23.6 Å². The minimum atomic E-state index is -2.47. The number of carbonyl (C=O) groups excluding carboxylic acids is 2. The van der Waals surface area contributed by atoms with Gasteiger partial charge in [-0.05, 0) is 23.8 Å². The van der Waals surface area contributed by atoms with Crippen LogP contribution in [0.15, 0.2) is 42.5 Å². The number of rotatable bonds is 4. The van der Waals surface area contributed by atoms with Crippen molar-refractivity contribution in [2.24, 2.45) is 5.73 Å². The molecule has 0 saturated heterocycles. The van der Waals surface area contributed by atoms with Gasteiger partial charge in [0.2, 0.25) is 0 Å². The summed E-state index contributed by atoms with van der Waals surface area (Å²) < 4.78 is 4.75. The quantitative estimate of drug-likeness (QED) is 0.644.